The lowest BCUT2D eigenvalue weighted by Gasteiger charge is -2.31. The summed E-state index contributed by atoms with van der Waals surface area (Å²) >= 11 is 0. The van der Waals surface area contributed by atoms with Gasteiger partial charge in [0.2, 0.25) is 0 Å². The summed E-state index contributed by atoms with van der Waals surface area (Å²) < 4.78 is 0. The van der Waals surface area contributed by atoms with Gasteiger partial charge in [0, 0.05) is 68.2 Å². The van der Waals surface area contributed by atoms with E-state index in [9.17, 15) is 0 Å². The molecule has 4 heteroatoms. The third-order valence-electron chi connectivity index (χ3n) is 11.0. The van der Waals surface area contributed by atoms with E-state index in [0.29, 0.717) is 0 Å². The monoisotopic (exact) mass is 788 g/mol. The number of nitrogens with zero attached hydrogens (tertiary/aromatic N) is 4. The Morgan fingerprint density at radius 2 is 0.475 bits per heavy atom. The number of anilines is 12. The smallest absolute Gasteiger partial charge is 0.0492 e. The van der Waals surface area contributed by atoms with Crippen LogP contribution in [0.3, 0.4) is 0 Å². The summed E-state index contributed by atoms with van der Waals surface area (Å²) in [6.45, 7) is 6.50. The number of hydrogen-bond donors (Lipinski definition) is 0. The summed E-state index contributed by atoms with van der Waals surface area (Å²) in [7, 11) is 0. The van der Waals surface area contributed by atoms with Crippen molar-refractivity contribution in [2.45, 2.75) is 20.8 Å². The molecule has 9 rings (SSSR count). The topological polar surface area (TPSA) is 13.0 Å². The van der Waals surface area contributed by atoms with Crippen LogP contribution in [0, 0.1) is 20.8 Å². The number of benzene rings is 9. The first-order chi connectivity index (χ1) is 30.0. The summed E-state index contributed by atoms with van der Waals surface area (Å²) in [4.78, 5) is 9.33. The van der Waals surface area contributed by atoms with Crippen molar-refractivity contribution in [1.82, 2.24) is 0 Å². The van der Waals surface area contributed by atoms with Gasteiger partial charge in [-0.2, -0.15) is 0 Å². The molecule has 0 aliphatic rings. The zero-order chi connectivity index (χ0) is 41.5. The maximum absolute atomic E-state index is 2.38. The van der Waals surface area contributed by atoms with Crippen LogP contribution in [0.2, 0.25) is 0 Å². The van der Waals surface area contributed by atoms with Gasteiger partial charge in [0.15, 0.2) is 0 Å². The fourth-order valence-corrected chi connectivity index (χ4v) is 8.14. The molecule has 0 bridgehead atoms. The molecule has 0 saturated carbocycles. The molecule has 0 aromatic heterocycles. The van der Waals surface area contributed by atoms with Crippen LogP contribution in [0.1, 0.15) is 16.7 Å². The van der Waals surface area contributed by atoms with E-state index >= 15 is 0 Å². The Hall–Kier alpha value is -7.82. The minimum absolute atomic E-state index is 1.06. The second-order valence-electron chi connectivity index (χ2n) is 15.4. The van der Waals surface area contributed by atoms with E-state index in [1.165, 1.54) is 11.1 Å². The molecule has 9 aromatic rings. The molecule has 4 nitrogen and oxygen atoms in total. The predicted octanol–water partition coefficient (Wildman–Crippen LogP) is 16.5. The Kier molecular flexibility index (Phi) is 11.1. The summed E-state index contributed by atoms with van der Waals surface area (Å²) in [5.74, 6) is 0. The largest absolute Gasteiger partial charge is 0.310 e. The van der Waals surface area contributed by atoms with Gasteiger partial charge in [0.25, 0.3) is 0 Å². The quantitative estimate of drug-likeness (QED) is 0.122. The van der Waals surface area contributed by atoms with Gasteiger partial charge < -0.3 is 19.6 Å². The van der Waals surface area contributed by atoms with Crippen LogP contribution in [-0.4, -0.2) is 0 Å². The van der Waals surface area contributed by atoms with Crippen molar-refractivity contribution in [3.8, 4) is 0 Å². The molecule has 0 N–H and O–H groups in total. The molecule has 0 unspecified atom stereocenters. The van der Waals surface area contributed by atoms with Crippen molar-refractivity contribution in [3.63, 3.8) is 0 Å². The minimum atomic E-state index is 1.06. The molecule has 9 aromatic carbocycles. The Bertz CT molecular complexity index is 2650. The lowest BCUT2D eigenvalue weighted by Crippen LogP contribution is -2.15. The first kappa shape index (κ1) is 38.7. The molecule has 0 saturated heterocycles. The number of hydrogen-bond acceptors (Lipinski definition) is 4. The SMILES string of the molecule is Cc1cccc(N(c2ccccc2)c2ccc(N(c3ccc(N(c4ccccc4)c4cccc(C)c4)cc3)c3ccc(N(c4ccccc4)c4ccccc4)cc3C)cc2)c1. The molecular formula is C57H48N4. The van der Waals surface area contributed by atoms with Crippen LogP contribution in [0.5, 0.6) is 0 Å². The lowest BCUT2D eigenvalue weighted by molar-refractivity contribution is 1.21. The van der Waals surface area contributed by atoms with Crippen LogP contribution in [0.4, 0.5) is 68.2 Å². The van der Waals surface area contributed by atoms with E-state index in [-0.39, 0.29) is 0 Å². The zero-order valence-corrected chi connectivity index (χ0v) is 34.8. The van der Waals surface area contributed by atoms with Crippen molar-refractivity contribution in [2.24, 2.45) is 0 Å². The standard InChI is InChI=1S/C57H48N4/c1-43-18-16-28-54(40-43)59(48-24-12-6-13-25-48)50-30-34-52(35-31-50)61(53-36-32-51(33-37-53)60(49-26-14-7-15-27-49)55-29-17-19-44(2)41-55)57-39-38-56(42-45(57)3)58(46-20-8-4-9-21-46)47-22-10-5-11-23-47/h4-42H,1-3H3. The van der Waals surface area contributed by atoms with E-state index in [1.54, 1.807) is 0 Å². The third-order valence-corrected chi connectivity index (χ3v) is 11.0. The molecule has 0 amide bonds. The third kappa shape index (κ3) is 8.38. The van der Waals surface area contributed by atoms with Gasteiger partial charge in [-0.3, -0.25) is 0 Å². The Morgan fingerprint density at radius 1 is 0.213 bits per heavy atom. The molecule has 0 aliphatic carbocycles. The van der Waals surface area contributed by atoms with Crippen molar-refractivity contribution in [1.29, 1.82) is 0 Å². The van der Waals surface area contributed by atoms with Crippen LogP contribution in [0.25, 0.3) is 0 Å². The minimum Gasteiger partial charge on any atom is -0.310 e. The maximum atomic E-state index is 2.38. The number of aryl methyl sites for hydroxylation is 3. The summed E-state index contributed by atoms with van der Waals surface area (Å²) in [5, 5.41) is 0. The lowest BCUT2D eigenvalue weighted by atomic mass is 10.1. The van der Waals surface area contributed by atoms with E-state index in [0.717, 1.165) is 73.8 Å². The highest BCUT2D eigenvalue weighted by molar-refractivity contribution is 5.86. The highest BCUT2D eigenvalue weighted by Crippen LogP contribution is 2.44. The average Bonchev–Trinajstić information content (AvgIpc) is 3.30. The predicted molar refractivity (Wildman–Crippen MR) is 259 cm³/mol. The van der Waals surface area contributed by atoms with Crippen molar-refractivity contribution >= 4 is 68.2 Å². The fourth-order valence-electron chi connectivity index (χ4n) is 8.14. The second-order valence-corrected chi connectivity index (χ2v) is 15.4. The van der Waals surface area contributed by atoms with Gasteiger partial charge in [0.05, 0.1) is 0 Å². The van der Waals surface area contributed by atoms with Crippen molar-refractivity contribution in [2.75, 3.05) is 19.6 Å². The fraction of sp³-hybridized carbons (Fsp3) is 0.0526. The van der Waals surface area contributed by atoms with Gasteiger partial charge in [-0.15, -0.1) is 0 Å². The molecule has 61 heavy (non-hydrogen) atoms. The molecule has 0 fully saturated rings. The second kappa shape index (κ2) is 17.6. The average molecular weight is 789 g/mol. The summed E-state index contributed by atoms with van der Waals surface area (Å²) in [6, 6.07) is 84.4. The van der Waals surface area contributed by atoms with E-state index in [2.05, 4.69) is 277 Å². The molecule has 0 heterocycles. The molecular weight excluding hydrogens is 741 g/mol. The molecule has 0 spiro atoms. The Labute approximate surface area is 360 Å². The zero-order valence-electron chi connectivity index (χ0n) is 34.8. The van der Waals surface area contributed by atoms with Crippen molar-refractivity contribution in [3.05, 3.63) is 253 Å². The first-order valence-electron chi connectivity index (χ1n) is 20.8. The molecule has 0 radical (unpaired) electrons. The van der Waals surface area contributed by atoms with Crippen molar-refractivity contribution < 1.29 is 0 Å². The highest BCUT2D eigenvalue weighted by atomic mass is 15.2. The van der Waals surface area contributed by atoms with E-state index < -0.39 is 0 Å². The Balaban J connectivity index is 1.15. The van der Waals surface area contributed by atoms with Gasteiger partial charge >= 0.3 is 0 Å². The van der Waals surface area contributed by atoms with E-state index in [4.69, 9.17) is 0 Å². The first-order valence-corrected chi connectivity index (χ1v) is 20.8. The molecule has 296 valence electrons. The van der Waals surface area contributed by atoms with Crippen LogP contribution in [-0.2, 0) is 0 Å². The van der Waals surface area contributed by atoms with Gasteiger partial charge in [-0.1, -0.05) is 97.1 Å². The number of para-hydroxylation sites is 4. The molecule has 0 aliphatic heterocycles. The van der Waals surface area contributed by atoms with Gasteiger partial charge in [-0.05, 0) is 177 Å². The van der Waals surface area contributed by atoms with Gasteiger partial charge in [-0.25, -0.2) is 0 Å². The van der Waals surface area contributed by atoms with Gasteiger partial charge in [0.1, 0.15) is 0 Å². The Morgan fingerprint density at radius 3 is 0.787 bits per heavy atom. The number of rotatable bonds is 12. The highest BCUT2D eigenvalue weighted by Gasteiger charge is 2.21. The van der Waals surface area contributed by atoms with Crippen LogP contribution in [0.15, 0.2) is 237 Å². The summed E-state index contributed by atoms with van der Waals surface area (Å²) in [5.41, 5.74) is 16.7. The van der Waals surface area contributed by atoms with Crippen LogP contribution < -0.4 is 19.6 Å². The molecule has 0 atom stereocenters. The normalized spacial score (nSPS) is 10.9. The van der Waals surface area contributed by atoms with E-state index in [1.807, 2.05) is 0 Å². The summed E-state index contributed by atoms with van der Waals surface area (Å²) in [6.07, 6.45) is 0. The maximum Gasteiger partial charge on any atom is 0.0492 e. The van der Waals surface area contributed by atoms with Crippen LogP contribution >= 0.6 is 0 Å².